The van der Waals surface area contributed by atoms with Crippen LogP contribution in [0, 0.1) is 24.0 Å². The summed E-state index contributed by atoms with van der Waals surface area (Å²) in [4.78, 5) is 2.45. The number of hydrogen-bond donors (Lipinski definition) is 1. The fourth-order valence-electron chi connectivity index (χ4n) is 6.64. The summed E-state index contributed by atoms with van der Waals surface area (Å²) >= 11 is 0. The van der Waals surface area contributed by atoms with Gasteiger partial charge in [0.15, 0.2) is 0 Å². The molecule has 0 spiro atoms. The SMILES string of the molecule is Cc1ccc(-c2ccc(O)c3c2C2(C)CCN(CC(C)OCc4c(F)cccc4F)C(C3)C2(C)C)cc1. The van der Waals surface area contributed by atoms with Crippen molar-refractivity contribution in [1.29, 1.82) is 0 Å². The molecule has 2 aliphatic rings. The van der Waals surface area contributed by atoms with Crippen molar-refractivity contribution in [2.75, 3.05) is 13.1 Å². The predicted octanol–water partition coefficient (Wildman–Crippen LogP) is 7.17. The van der Waals surface area contributed by atoms with Crippen LogP contribution in [-0.4, -0.2) is 35.2 Å². The summed E-state index contributed by atoms with van der Waals surface area (Å²) < 4.78 is 34.1. The number of fused-ring (bicyclic) bond motifs is 4. The maximum Gasteiger partial charge on any atom is 0.131 e. The van der Waals surface area contributed by atoms with Crippen molar-refractivity contribution >= 4 is 0 Å². The van der Waals surface area contributed by atoms with E-state index in [-0.39, 0.29) is 35.1 Å². The third-order valence-electron chi connectivity index (χ3n) is 9.26. The Morgan fingerprint density at radius 1 is 1.03 bits per heavy atom. The van der Waals surface area contributed by atoms with Crippen molar-refractivity contribution in [2.24, 2.45) is 5.41 Å². The molecule has 3 aromatic carbocycles. The van der Waals surface area contributed by atoms with Crippen molar-refractivity contribution in [2.45, 2.75) is 71.6 Å². The standard InChI is InChI=1S/C32H37F2NO2/c1-20-9-11-22(12-10-20)23-13-14-28(36)24-17-29-31(3,4)32(5,30(23)24)15-16-35(29)18-21(2)37-19-25-26(33)7-6-8-27(25)34/h6-14,21,29,36H,15-19H2,1-5H3. The van der Waals surface area contributed by atoms with Gasteiger partial charge in [0.2, 0.25) is 0 Å². The lowest BCUT2D eigenvalue weighted by Crippen LogP contribution is -2.64. The van der Waals surface area contributed by atoms with E-state index >= 15 is 0 Å². The van der Waals surface area contributed by atoms with Crippen LogP contribution in [0.2, 0.25) is 0 Å². The molecule has 1 N–H and O–H groups in total. The van der Waals surface area contributed by atoms with Gasteiger partial charge in [-0.3, -0.25) is 4.90 Å². The number of benzene rings is 3. The number of rotatable bonds is 6. The second-order valence-corrected chi connectivity index (χ2v) is 11.7. The fraction of sp³-hybridized carbons (Fsp3) is 0.438. The summed E-state index contributed by atoms with van der Waals surface area (Å²) in [6.07, 6.45) is 1.49. The summed E-state index contributed by atoms with van der Waals surface area (Å²) in [7, 11) is 0. The normalized spacial score (nSPS) is 23.5. The van der Waals surface area contributed by atoms with Crippen LogP contribution in [0.25, 0.3) is 11.1 Å². The largest absolute Gasteiger partial charge is 0.508 e. The highest BCUT2D eigenvalue weighted by atomic mass is 19.1. The van der Waals surface area contributed by atoms with Crippen LogP contribution in [0.3, 0.4) is 0 Å². The third-order valence-corrected chi connectivity index (χ3v) is 9.26. The predicted molar refractivity (Wildman–Crippen MR) is 144 cm³/mol. The van der Waals surface area contributed by atoms with E-state index in [0.717, 1.165) is 24.9 Å². The molecular weight excluding hydrogens is 468 g/mol. The zero-order chi connectivity index (χ0) is 26.5. The van der Waals surface area contributed by atoms with Crippen molar-refractivity contribution in [3.8, 4) is 16.9 Å². The molecule has 2 bridgehead atoms. The number of phenols is 1. The van der Waals surface area contributed by atoms with Gasteiger partial charge in [0.25, 0.3) is 0 Å². The van der Waals surface area contributed by atoms with E-state index in [4.69, 9.17) is 4.74 Å². The van der Waals surface area contributed by atoms with E-state index in [0.29, 0.717) is 12.3 Å². The zero-order valence-corrected chi connectivity index (χ0v) is 22.4. The highest BCUT2D eigenvalue weighted by molar-refractivity contribution is 5.73. The number of likely N-dealkylation sites (tertiary alicyclic amines) is 1. The summed E-state index contributed by atoms with van der Waals surface area (Å²) in [5, 5.41) is 11.0. The first-order valence-electron chi connectivity index (χ1n) is 13.2. The van der Waals surface area contributed by atoms with Gasteiger partial charge in [-0.1, -0.05) is 62.7 Å². The Kier molecular flexibility index (Phi) is 6.66. The molecule has 0 saturated carbocycles. The molecule has 3 nitrogen and oxygen atoms in total. The molecule has 37 heavy (non-hydrogen) atoms. The van der Waals surface area contributed by atoms with Crippen molar-refractivity contribution < 1.29 is 18.6 Å². The molecule has 1 saturated heterocycles. The lowest BCUT2D eigenvalue weighted by molar-refractivity contribution is -0.0653. The van der Waals surface area contributed by atoms with E-state index in [1.165, 1.54) is 40.5 Å². The average Bonchev–Trinajstić information content (AvgIpc) is 2.84. The van der Waals surface area contributed by atoms with Crippen LogP contribution >= 0.6 is 0 Å². The van der Waals surface area contributed by atoms with Gasteiger partial charge in [-0.25, -0.2) is 8.78 Å². The number of piperidine rings is 1. The second-order valence-electron chi connectivity index (χ2n) is 11.7. The molecule has 3 atom stereocenters. The average molecular weight is 506 g/mol. The molecule has 1 aliphatic heterocycles. The molecule has 1 heterocycles. The quantitative estimate of drug-likeness (QED) is 0.386. The molecule has 3 aromatic rings. The van der Waals surface area contributed by atoms with Crippen molar-refractivity contribution in [1.82, 2.24) is 4.90 Å². The number of aryl methyl sites for hydroxylation is 1. The first-order valence-corrected chi connectivity index (χ1v) is 13.2. The van der Waals surface area contributed by atoms with E-state index < -0.39 is 11.6 Å². The summed E-state index contributed by atoms with van der Waals surface area (Å²) in [5.74, 6) is -0.796. The minimum absolute atomic E-state index is 0.0268. The van der Waals surface area contributed by atoms with Gasteiger partial charge in [0, 0.05) is 23.6 Å². The first kappa shape index (κ1) is 25.9. The molecule has 0 aromatic heterocycles. The lowest BCUT2D eigenvalue weighted by atomic mass is 9.50. The molecule has 0 radical (unpaired) electrons. The number of nitrogens with zero attached hydrogens (tertiary/aromatic N) is 1. The van der Waals surface area contributed by atoms with Crippen LogP contribution in [0.4, 0.5) is 8.78 Å². The van der Waals surface area contributed by atoms with E-state index in [2.05, 4.69) is 62.9 Å². The van der Waals surface area contributed by atoms with Crippen LogP contribution in [0.15, 0.2) is 54.6 Å². The van der Waals surface area contributed by atoms with E-state index in [9.17, 15) is 13.9 Å². The lowest BCUT2D eigenvalue weighted by Gasteiger charge is -2.61. The van der Waals surface area contributed by atoms with Crippen LogP contribution in [0.5, 0.6) is 5.75 Å². The van der Waals surface area contributed by atoms with Gasteiger partial charge < -0.3 is 9.84 Å². The number of ether oxygens (including phenoxy) is 1. The van der Waals surface area contributed by atoms with Gasteiger partial charge in [-0.2, -0.15) is 0 Å². The van der Waals surface area contributed by atoms with Crippen molar-refractivity contribution in [3.63, 3.8) is 0 Å². The highest BCUT2D eigenvalue weighted by Gasteiger charge is 2.57. The molecule has 0 amide bonds. The molecule has 5 heteroatoms. The Morgan fingerprint density at radius 3 is 2.38 bits per heavy atom. The number of aromatic hydroxyl groups is 1. The van der Waals surface area contributed by atoms with Crippen LogP contribution in [0.1, 0.15) is 56.4 Å². The van der Waals surface area contributed by atoms with Crippen molar-refractivity contribution in [3.05, 3.63) is 88.5 Å². The Balaban J connectivity index is 1.43. The highest BCUT2D eigenvalue weighted by Crippen LogP contribution is 2.59. The number of halogens is 2. The van der Waals surface area contributed by atoms with Crippen LogP contribution < -0.4 is 0 Å². The third kappa shape index (κ3) is 4.36. The maximum absolute atomic E-state index is 14.1. The zero-order valence-electron chi connectivity index (χ0n) is 22.4. The Bertz CT molecular complexity index is 1280. The van der Waals surface area contributed by atoms with E-state index in [1.807, 2.05) is 13.0 Å². The van der Waals surface area contributed by atoms with Gasteiger partial charge in [0.1, 0.15) is 17.4 Å². The maximum atomic E-state index is 14.1. The summed E-state index contributed by atoms with van der Waals surface area (Å²) in [6.45, 7) is 12.6. The topological polar surface area (TPSA) is 32.7 Å². The summed E-state index contributed by atoms with van der Waals surface area (Å²) in [5.41, 5.74) is 5.71. The minimum atomic E-state index is -0.578. The van der Waals surface area contributed by atoms with Gasteiger partial charge in [0.05, 0.1) is 12.7 Å². The van der Waals surface area contributed by atoms with Crippen LogP contribution in [-0.2, 0) is 23.2 Å². The van der Waals surface area contributed by atoms with Gasteiger partial charge >= 0.3 is 0 Å². The minimum Gasteiger partial charge on any atom is -0.508 e. The molecule has 3 unspecified atom stereocenters. The molecule has 1 fully saturated rings. The fourth-order valence-corrected chi connectivity index (χ4v) is 6.64. The van der Waals surface area contributed by atoms with Gasteiger partial charge in [-0.05, 0) is 79.1 Å². The molecular formula is C32H37F2NO2. The Morgan fingerprint density at radius 2 is 1.70 bits per heavy atom. The molecule has 1 aliphatic carbocycles. The number of phenolic OH excluding ortho intramolecular Hbond substituents is 1. The number of hydrogen-bond acceptors (Lipinski definition) is 3. The van der Waals surface area contributed by atoms with E-state index in [1.54, 1.807) is 0 Å². The first-order chi connectivity index (χ1) is 17.5. The molecule has 196 valence electrons. The smallest absolute Gasteiger partial charge is 0.131 e. The Hall–Kier alpha value is -2.76. The molecule has 5 rings (SSSR count). The second kappa shape index (κ2) is 9.52. The monoisotopic (exact) mass is 505 g/mol. The van der Waals surface area contributed by atoms with Gasteiger partial charge in [-0.15, -0.1) is 0 Å². The summed E-state index contributed by atoms with van der Waals surface area (Å²) in [6, 6.07) is 16.6. The Labute approximate surface area is 219 Å².